The van der Waals surface area contributed by atoms with E-state index in [2.05, 4.69) is 10.3 Å². The highest BCUT2D eigenvalue weighted by molar-refractivity contribution is 6.34. The molecule has 0 saturated carbocycles. The molecule has 3 aromatic rings. The Bertz CT molecular complexity index is 1680. The Balaban J connectivity index is 1.16. The molecule has 0 unspecified atom stereocenters. The molecule has 3 amide bonds. The average Bonchev–Trinajstić information content (AvgIpc) is 3.46. The average molecular weight is 673 g/mol. The first-order valence-corrected chi connectivity index (χ1v) is 15.4. The number of hydrogen-bond acceptors (Lipinski definition) is 8. The van der Waals surface area contributed by atoms with Crippen LogP contribution in [-0.4, -0.2) is 108 Å². The van der Waals surface area contributed by atoms with Crippen LogP contribution >= 0.6 is 11.6 Å². The molecule has 2 aromatic carbocycles. The van der Waals surface area contributed by atoms with Crippen molar-refractivity contribution in [1.29, 1.82) is 0 Å². The van der Waals surface area contributed by atoms with Gasteiger partial charge in [0.15, 0.2) is 17.4 Å². The van der Waals surface area contributed by atoms with Crippen molar-refractivity contribution in [1.82, 2.24) is 24.3 Å². The summed E-state index contributed by atoms with van der Waals surface area (Å²) in [5.74, 6) is -3.86. The van der Waals surface area contributed by atoms with E-state index in [0.717, 1.165) is 0 Å². The van der Waals surface area contributed by atoms with Crippen LogP contribution in [0.2, 0.25) is 5.02 Å². The molecule has 2 saturated heterocycles. The number of piperidine rings is 1. The van der Waals surface area contributed by atoms with Gasteiger partial charge in [-0.05, 0) is 56.3 Å². The maximum absolute atomic E-state index is 14.7. The van der Waals surface area contributed by atoms with Crippen LogP contribution in [0.5, 0.6) is 5.75 Å². The number of esters is 1. The van der Waals surface area contributed by atoms with Gasteiger partial charge in [0.05, 0.1) is 43.2 Å². The van der Waals surface area contributed by atoms with Crippen molar-refractivity contribution in [3.8, 4) is 17.0 Å². The minimum atomic E-state index is -1.15. The van der Waals surface area contributed by atoms with Crippen LogP contribution in [-0.2, 0) is 21.4 Å². The minimum Gasteiger partial charge on any atom is -0.494 e. The number of piperazine rings is 1. The van der Waals surface area contributed by atoms with Crippen LogP contribution in [0.4, 0.5) is 14.5 Å². The normalized spacial score (nSPS) is 15.8. The summed E-state index contributed by atoms with van der Waals surface area (Å²) in [5.41, 5.74) is 0.636. The number of amides is 3. The van der Waals surface area contributed by atoms with Gasteiger partial charge < -0.3 is 29.2 Å². The lowest BCUT2D eigenvalue weighted by molar-refractivity contribution is -0.143. The van der Waals surface area contributed by atoms with E-state index >= 15 is 0 Å². The van der Waals surface area contributed by atoms with Crippen molar-refractivity contribution in [2.24, 2.45) is 13.0 Å². The van der Waals surface area contributed by atoms with Crippen molar-refractivity contribution in [2.75, 3.05) is 65.3 Å². The third-order valence-electron chi connectivity index (χ3n) is 8.59. The summed E-state index contributed by atoms with van der Waals surface area (Å²) in [7, 11) is 4.08. The second-order valence-corrected chi connectivity index (χ2v) is 11.8. The zero-order chi connectivity index (χ0) is 33.8. The number of carbonyl (C=O) groups is 4. The lowest BCUT2D eigenvalue weighted by Crippen LogP contribution is -2.53. The first kappa shape index (κ1) is 33.8. The predicted molar refractivity (Wildman–Crippen MR) is 168 cm³/mol. The smallest absolute Gasteiger partial charge is 0.319 e. The van der Waals surface area contributed by atoms with Gasteiger partial charge >= 0.3 is 5.97 Å². The van der Waals surface area contributed by atoms with Crippen LogP contribution in [0.1, 0.15) is 33.8 Å². The first-order valence-electron chi connectivity index (χ1n) is 15.0. The number of aromatic nitrogens is 2. The summed E-state index contributed by atoms with van der Waals surface area (Å²) >= 11 is 6.47. The van der Waals surface area contributed by atoms with Crippen LogP contribution in [0.15, 0.2) is 36.5 Å². The Hall–Kier alpha value is -4.56. The third kappa shape index (κ3) is 7.23. The van der Waals surface area contributed by atoms with E-state index in [1.54, 1.807) is 9.80 Å². The Morgan fingerprint density at radius 1 is 0.957 bits per heavy atom. The third-order valence-corrected chi connectivity index (χ3v) is 8.90. The Labute approximate surface area is 275 Å². The summed E-state index contributed by atoms with van der Waals surface area (Å²) in [6, 6.07) is 7.11. The van der Waals surface area contributed by atoms with Gasteiger partial charge in [-0.1, -0.05) is 11.6 Å². The van der Waals surface area contributed by atoms with Crippen molar-refractivity contribution in [2.45, 2.75) is 12.8 Å². The number of anilines is 1. The van der Waals surface area contributed by atoms with E-state index in [4.69, 9.17) is 21.1 Å². The zero-order valence-electron chi connectivity index (χ0n) is 26.2. The first-order chi connectivity index (χ1) is 22.5. The van der Waals surface area contributed by atoms with E-state index in [1.165, 1.54) is 62.4 Å². The van der Waals surface area contributed by atoms with Gasteiger partial charge in [-0.15, -0.1) is 0 Å². The van der Waals surface area contributed by atoms with Gasteiger partial charge in [-0.2, -0.15) is 4.39 Å². The van der Waals surface area contributed by atoms with Gasteiger partial charge in [-0.25, -0.2) is 9.37 Å². The van der Waals surface area contributed by atoms with E-state index in [1.807, 2.05) is 4.90 Å². The monoisotopic (exact) mass is 672 g/mol. The number of imidazole rings is 1. The summed E-state index contributed by atoms with van der Waals surface area (Å²) in [6.07, 6.45) is 2.59. The summed E-state index contributed by atoms with van der Waals surface area (Å²) in [6.45, 7) is 3.01. The highest BCUT2D eigenvalue weighted by Crippen LogP contribution is 2.30. The molecule has 0 bridgehead atoms. The van der Waals surface area contributed by atoms with E-state index in [9.17, 15) is 28.0 Å². The zero-order valence-corrected chi connectivity index (χ0v) is 27.0. The Morgan fingerprint density at radius 2 is 1.64 bits per heavy atom. The number of hydrogen-bond donors (Lipinski definition) is 1. The van der Waals surface area contributed by atoms with Crippen LogP contribution < -0.4 is 10.1 Å². The van der Waals surface area contributed by atoms with Crippen molar-refractivity contribution in [3.63, 3.8) is 0 Å². The molecule has 1 aromatic heterocycles. The molecular weight excluding hydrogens is 638 g/mol. The molecule has 3 heterocycles. The number of rotatable bonds is 8. The number of methoxy groups -OCH3 is 2. The number of halogens is 3. The number of nitrogens with zero attached hydrogens (tertiary/aromatic N) is 5. The largest absolute Gasteiger partial charge is 0.494 e. The molecule has 1 N–H and O–H groups in total. The van der Waals surface area contributed by atoms with Gasteiger partial charge in [0.1, 0.15) is 0 Å². The summed E-state index contributed by atoms with van der Waals surface area (Å²) < 4.78 is 39.8. The van der Waals surface area contributed by atoms with E-state index < -0.39 is 17.5 Å². The molecule has 250 valence electrons. The lowest BCUT2D eigenvalue weighted by atomic mass is 9.95. The van der Waals surface area contributed by atoms with E-state index in [0.29, 0.717) is 57.8 Å². The van der Waals surface area contributed by atoms with Crippen molar-refractivity contribution >= 4 is 41.0 Å². The van der Waals surface area contributed by atoms with Gasteiger partial charge in [0, 0.05) is 50.4 Å². The molecule has 12 nitrogen and oxygen atoms in total. The van der Waals surface area contributed by atoms with Crippen molar-refractivity contribution < 1.29 is 37.4 Å². The minimum absolute atomic E-state index is 0.0638. The lowest BCUT2D eigenvalue weighted by Gasteiger charge is -2.38. The Morgan fingerprint density at radius 3 is 2.28 bits per heavy atom. The van der Waals surface area contributed by atoms with Gasteiger partial charge in [0.25, 0.3) is 11.8 Å². The number of benzene rings is 2. The molecule has 0 radical (unpaired) electrons. The van der Waals surface area contributed by atoms with Gasteiger partial charge in [-0.3, -0.25) is 24.1 Å². The Kier molecular flexibility index (Phi) is 10.4. The molecule has 47 heavy (non-hydrogen) atoms. The fourth-order valence-electron chi connectivity index (χ4n) is 5.85. The molecule has 15 heteroatoms. The summed E-state index contributed by atoms with van der Waals surface area (Å²) in [4.78, 5) is 60.5. The standard InChI is InChI=1S/C32H35ClF2N6O6/c1-38-24(22-6-7-25(46-2)28(35)27(22)34)17-36-29(38)30(43)37-20-4-5-21(23(33)16-20)32(45)41-14-12-40(13-15-41)31(44)19-8-10-39(11-9-19)18-26(42)47-3/h4-7,16-17,19H,8-15,18H2,1-3H3,(H,37,43). The second-order valence-electron chi connectivity index (χ2n) is 11.4. The SMILES string of the molecule is COC(=O)CN1CCC(C(=O)N2CCN(C(=O)c3ccc(NC(=O)c4ncc(-c5ccc(OC)c(F)c5F)n4C)cc3Cl)CC2)CC1. The number of nitrogens with one attached hydrogen (secondary N) is 1. The fraction of sp³-hybridized carbons (Fsp3) is 0.406. The summed E-state index contributed by atoms with van der Waals surface area (Å²) in [5, 5.41) is 2.80. The molecule has 2 aliphatic rings. The molecular formula is C32H35ClF2N6O6. The maximum atomic E-state index is 14.7. The van der Waals surface area contributed by atoms with Crippen LogP contribution in [0.25, 0.3) is 11.3 Å². The molecule has 0 aliphatic carbocycles. The molecule has 5 rings (SSSR count). The molecule has 2 aliphatic heterocycles. The highest BCUT2D eigenvalue weighted by Gasteiger charge is 2.32. The highest BCUT2D eigenvalue weighted by atomic mass is 35.5. The van der Waals surface area contributed by atoms with Crippen molar-refractivity contribution in [3.05, 3.63) is 64.6 Å². The molecule has 2 fully saturated rings. The molecule has 0 spiro atoms. The number of likely N-dealkylation sites (tertiary alicyclic amines) is 1. The van der Waals surface area contributed by atoms with E-state index in [-0.39, 0.29) is 63.7 Å². The maximum Gasteiger partial charge on any atom is 0.319 e. The quantitative estimate of drug-likeness (QED) is 0.361. The van der Waals surface area contributed by atoms with Gasteiger partial charge in [0.2, 0.25) is 11.7 Å². The van der Waals surface area contributed by atoms with Crippen LogP contribution in [0, 0.1) is 17.6 Å². The van der Waals surface area contributed by atoms with Crippen LogP contribution in [0.3, 0.4) is 0 Å². The predicted octanol–water partition coefficient (Wildman–Crippen LogP) is 3.45. The topological polar surface area (TPSA) is 126 Å². The fourth-order valence-corrected chi connectivity index (χ4v) is 6.12. The number of ether oxygens (including phenoxy) is 2. The second kappa shape index (κ2) is 14.5. The molecule has 0 atom stereocenters. The number of carbonyl (C=O) groups excluding carboxylic acids is 4.